The molecule has 0 bridgehead atoms. The van der Waals surface area contributed by atoms with Crippen molar-refractivity contribution in [1.82, 2.24) is 26.6 Å². The summed E-state index contributed by atoms with van der Waals surface area (Å²) < 4.78 is 0. The van der Waals surface area contributed by atoms with Gasteiger partial charge in [0.2, 0.25) is 35.4 Å². The van der Waals surface area contributed by atoms with Crippen molar-refractivity contribution in [1.29, 1.82) is 0 Å². The van der Waals surface area contributed by atoms with Gasteiger partial charge >= 0.3 is 0 Å². The van der Waals surface area contributed by atoms with Crippen molar-refractivity contribution in [2.45, 2.75) is 102 Å². The summed E-state index contributed by atoms with van der Waals surface area (Å²) >= 11 is 3.08. The van der Waals surface area contributed by atoms with Gasteiger partial charge in [0.05, 0.1) is 6.42 Å². The molecular weight excluding hydrogens is 641 g/mol. The van der Waals surface area contributed by atoms with Crippen LogP contribution in [-0.4, -0.2) is 77.2 Å². The van der Waals surface area contributed by atoms with E-state index in [9.17, 15) is 28.8 Å². The minimum absolute atomic E-state index is 0.0527. The first-order valence-corrected chi connectivity index (χ1v) is 18.2. The Morgan fingerprint density at radius 3 is 2.15 bits per heavy atom. The molecule has 2 rings (SSSR count). The molecule has 1 aromatic carbocycles. The van der Waals surface area contributed by atoms with Gasteiger partial charge in [0.15, 0.2) is 0 Å². The molecule has 5 atom stereocenters. The Balaban J connectivity index is 2.43. The lowest BCUT2D eigenvalue weighted by Crippen LogP contribution is -2.60. The van der Waals surface area contributed by atoms with Crippen molar-refractivity contribution in [3.63, 3.8) is 0 Å². The fourth-order valence-corrected chi connectivity index (χ4v) is 7.12. The topological polar surface area (TPSA) is 189 Å². The molecule has 1 heterocycles. The maximum Gasteiger partial charge on any atom is 0.244 e. The standard InChI is InChI=1S/C33H48N6O6S2/c1-6-9-14-28(41)39-29(22(7-2)8-3)33(45)38-26-19-47-18-24-13-11-10-12-23(24)17-46-16-20(4)35-30(42)21(5)36-31(43)25(15-27(34)40)37-32(26)44/h1,10-13,20-22,25-26,29H,7-9,14-19H2,2-5H3,(H2,34,40)(H,35,42)(H,36,43)(H,37,44)(H,38,45)(H,39,41)/t20-,21-,25-,26+,29-/m0/s1. The van der Waals surface area contributed by atoms with Gasteiger partial charge in [-0.2, -0.15) is 23.5 Å². The number of carbonyl (C=O) groups is 6. The van der Waals surface area contributed by atoms with Crippen molar-refractivity contribution in [3.8, 4) is 12.3 Å². The van der Waals surface area contributed by atoms with Crippen LogP contribution in [0.5, 0.6) is 0 Å². The van der Waals surface area contributed by atoms with E-state index in [1.807, 2.05) is 45.0 Å². The molecule has 0 unspecified atom stereocenters. The monoisotopic (exact) mass is 688 g/mol. The fourth-order valence-electron chi connectivity index (χ4n) is 4.98. The van der Waals surface area contributed by atoms with Crippen LogP contribution in [0.4, 0.5) is 0 Å². The first-order chi connectivity index (χ1) is 22.4. The normalized spacial score (nSPS) is 22.2. The van der Waals surface area contributed by atoms with E-state index in [-0.39, 0.29) is 36.5 Å². The summed E-state index contributed by atoms with van der Waals surface area (Å²) in [6.07, 6.45) is 6.24. The second-order valence-electron chi connectivity index (χ2n) is 11.6. The molecule has 0 spiro atoms. The summed E-state index contributed by atoms with van der Waals surface area (Å²) in [6, 6.07) is 3.32. The van der Waals surface area contributed by atoms with E-state index in [0.29, 0.717) is 30.1 Å². The SMILES string of the molecule is C#CCCC(=O)N[C@H](C(=O)N[C@@H]1CSCc2ccccc2CSC[C@H](C)NC(=O)[C@H](C)NC(=O)[C@H](CC(N)=O)NC1=O)C(CC)CC. The molecule has 6 amide bonds. The number of primary amides is 1. The molecule has 0 aromatic heterocycles. The number of fused-ring (bicyclic) bond motifs is 1. The van der Waals surface area contributed by atoms with Gasteiger partial charge in [0, 0.05) is 41.9 Å². The Bertz CT molecular complexity index is 1300. The highest BCUT2D eigenvalue weighted by atomic mass is 32.2. The first-order valence-electron chi connectivity index (χ1n) is 15.8. The summed E-state index contributed by atoms with van der Waals surface area (Å²) in [5.74, 6) is 0.516. The zero-order valence-corrected chi connectivity index (χ0v) is 29.2. The van der Waals surface area contributed by atoms with Crippen molar-refractivity contribution in [2.24, 2.45) is 11.7 Å². The molecule has 0 saturated carbocycles. The number of carbonyl (C=O) groups excluding carboxylic acids is 6. The highest BCUT2D eigenvalue weighted by molar-refractivity contribution is 7.98. The van der Waals surface area contributed by atoms with Crippen LogP contribution in [-0.2, 0) is 40.3 Å². The lowest BCUT2D eigenvalue weighted by Gasteiger charge is -2.29. The number of nitrogens with one attached hydrogen (secondary N) is 5. The molecule has 0 fully saturated rings. The molecule has 0 saturated heterocycles. The third kappa shape index (κ3) is 13.5. The van der Waals surface area contributed by atoms with Crippen LogP contribution < -0.4 is 32.3 Å². The molecule has 7 N–H and O–H groups in total. The Labute approximate surface area is 286 Å². The van der Waals surface area contributed by atoms with Crippen LogP contribution in [0.25, 0.3) is 0 Å². The summed E-state index contributed by atoms with van der Waals surface area (Å²) in [4.78, 5) is 78.0. The Kier molecular flexibility index (Phi) is 17.2. The van der Waals surface area contributed by atoms with Crippen LogP contribution in [0.2, 0.25) is 0 Å². The van der Waals surface area contributed by atoms with Crippen LogP contribution in [0.3, 0.4) is 0 Å². The second-order valence-corrected chi connectivity index (χ2v) is 13.6. The third-order valence-corrected chi connectivity index (χ3v) is 10.0. The molecule has 0 radical (unpaired) electrons. The number of thioether (sulfide) groups is 2. The van der Waals surface area contributed by atoms with Gasteiger partial charge in [0.25, 0.3) is 0 Å². The quantitative estimate of drug-likeness (QED) is 0.199. The van der Waals surface area contributed by atoms with E-state index in [4.69, 9.17) is 12.2 Å². The van der Waals surface area contributed by atoms with Gasteiger partial charge in [-0.15, -0.1) is 12.3 Å². The summed E-state index contributed by atoms with van der Waals surface area (Å²) in [7, 11) is 0. The number of benzene rings is 1. The molecule has 12 nitrogen and oxygen atoms in total. The van der Waals surface area contributed by atoms with E-state index < -0.39 is 60.1 Å². The van der Waals surface area contributed by atoms with Crippen molar-refractivity contribution < 1.29 is 28.8 Å². The number of hydrogen-bond donors (Lipinski definition) is 6. The highest BCUT2D eigenvalue weighted by Crippen LogP contribution is 2.23. The minimum Gasteiger partial charge on any atom is -0.370 e. The lowest BCUT2D eigenvalue weighted by atomic mass is 9.93. The molecule has 1 aromatic rings. The average Bonchev–Trinajstić information content (AvgIpc) is 3.02. The van der Waals surface area contributed by atoms with E-state index in [0.717, 1.165) is 11.1 Å². The van der Waals surface area contributed by atoms with Gasteiger partial charge in [-0.3, -0.25) is 28.8 Å². The van der Waals surface area contributed by atoms with E-state index >= 15 is 0 Å². The van der Waals surface area contributed by atoms with Gasteiger partial charge in [-0.05, 0) is 30.9 Å². The van der Waals surface area contributed by atoms with E-state index in [1.165, 1.54) is 18.7 Å². The van der Waals surface area contributed by atoms with Gasteiger partial charge < -0.3 is 32.3 Å². The number of nitrogens with two attached hydrogens (primary N) is 1. The molecule has 0 aliphatic carbocycles. The van der Waals surface area contributed by atoms with Crippen LogP contribution >= 0.6 is 23.5 Å². The summed E-state index contributed by atoms with van der Waals surface area (Å²) in [6.45, 7) is 7.19. The van der Waals surface area contributed by atoms with Gasteiger partial charge in [-0.25, -0.2) is 0 Å². The minimum atomic E-state index is -1.40. The predicted octanol–water partition coefficient (Wildman–Crippen LogP) is 1.36. The molecule has 14 heteroatoms. The third-order valence-electron chi connectivity index (χ3n) is 7.71. The lowest BCUT2D eigenvalue weighted by molar-refractivity contribution is -0.135. The highest BCUT2D eigenvalue weighted by Gasteiger charge is 2.33. The zero-order valence-electron chi connectivity index (χ0n) is 27.6. The average molecular weight is 689 g/mol. The summed E-state index contributed by atoms with van der Waals surface area (Å²) in [5, 5.41) is 13.6. The molecule has 47 heavy (non-hydrogen) atoms. The second kappa shape index (κ2) is 20.5. The molecule has 1 aliphatic rings. The Morgan fingerprint density at radius 2 is 1.57 bits per heavy atom. The molecule has 1 aliphatic heterocycles. The Morgan fingerprint density at radius 1 is 0.957 bits per heavy atom. The van der Waals surface area contributed by atoms with Gasteiger partial charge in [-0.1, -0.05) is 51.0 Å². The number of amides is 6. The number of terminal acetylenes is 1. The zero-order chi connectivity index (χ0) is 34.9. The fraction of sp³-hybridized carbons (Fsp3) is 0.576. The van der Waals surface area contributed by atoms with Crippen LogP contribution in [0.1, 0.15) is 70.9 Å². The number of hydrogen-bond acceptors (Lipinski definition) is 8. The van der Waals surface area contributed by atoms with Gasteiger partial charge in [0.1, 0.15) is 24.2 Å². The summed E-state index contributed by atoms with van der Waals surface area (Å²) in [5.41, 5.74) is 7.58. The Hall–Kier alpha value is -3.70. The molecular formula is C33H48N6O6S2. The first kappa shape index (κ1) is 39.5. The van der Waals surface area contributed by atoms with Crippen LogP contribution in [0.15, 0.2) is 24.3 Å². The molecule has 258 valence electrons. The smallest absolute Gasteiger partial charge is 0.244 e. The number of rotatable bonds is 10. The van der Waals surface area contributed by atoms with E-state index in [2.05, 4.69) is 32.5 Å². The van der Waals surface area contributed by atoms with E-state index in [1.54, 1.807) is 11.8 Å². The van der Waals surface area contributed by atoms with Crippen LogP contribution in [0, 0.1) is 18.3 Å². The van der Waals surface area contributed by atoms with Crippen molar-refractivity contribution >= 4 is 59.0 Å². The predicted molar refractivity (Wildman–Crippen MR) is 186 cm³/mol. The maximum atomic E-state index is 13.7. The van der Waals surface area contributed by atoms with Crippen molar-refractivity contribution in [3.05, 3.63) is 35.4 Å². The maximum absolute atomic E-state index is 13.7. The van der Waals surface area contributed by atoms with Crippen molar-refractivity contribution in [2.75, 3.05) is 11.5 Å². The largest absolute Gasteiger partial charge is 0.370 e.